The van der Waals surface area contributed by atoms with Crippen molar-refractivity contribution in [2.75, 3.05) is 0 Å². The van der Waals surface area contributed by atoms with Gasteiger partial charge in [-0.2, -0.15) is 10.5 Å². The molecule has 4 aromatic heterocycles. The highest BCUT2D eigenvalue weighted by molar-refractivity contribution is 6.16. The van der Waals surface area contributed by atoms with Crippen molar-refractivity contribution in [3.63, 3.8) is 0 Å². The topological polar surface area (TPSA) is 67.3 Å². The lowest BCUT2D eigenvalue weighted by molar-refractivity contribution is 0.661. The Labute approximate surface area is 461 Å². The van der Waals surface area contributed by atoms with Gasteiger partial charge in [0.05, 0.1) is 66.6 Å². The van der Waals surface area contributed by atoms with Crippen LogP contribution in [0.25, 0.3) is 132 Å². The van der Waals surface area contributed by atoms with E-state index < -0.39 is 0 Å². The zero-order chi connectivity index (χ0) is 53.5. The Morgan fingerprint density at radius 2 is 0.600 bits per heavy atom. The van der Waals surface area contributed by atoms with Crippen LogP contribution in [0.3, 0.4) is 0 Å². The van der Waals surface area contributed by atoms with Crippen molar-refractivity contribution in [1.29, 1.82) is 10.5 Å². The van der Waals surface area contributed by atoms with Gasteiger partial charge in [0.1, 0.15) is 12.1 Å². The van der Waals surface area contributed by atoms with E-state index >= 15 is 0 Å². The summed E-state index contributed by atoms with van der Waals surface area (Å²) < 4.78 is 9.24. The molecule has 0 N–H and O–H groups in total. The van der Waals surface area contributed by atoms with Crippen LogP contribution in [0.2, 0.25) is 0 Å². The molecule has 0 aliphatic heterocycles. The van der Waals surface area contributed by atoms with Crippen molar-refractivity contribution in [2.45, 2.75) is 38.5 Å². The number of fused-ring (bicyclic) bond motifs is 18. The summed E-state index contributed by atoms with van der Waals surface area (Å²) in [7, 11) is 0. The van der Waals surface area contributed by atoms with Crippen molar-refractivity contribution in [3.8, 4) is 57.1 Å². The zero-order valence-corrected chi connectivity index (χ0v) is 44.5. The molecule has 15 aromatic rings. The van der Waals surface area contributed by atoms with Crippen LogP contribution in [0.1, 0.15) is 61.1 Å². The third kappa shape index (κ3) is 5.69. The van der Waals surface area contributed by atoms with E-state index in [2.05, 4.69) is 264 Å². The molecule has 17 rings (SSSR count). The monoisotopic (exact) mass is 1020 g/mol. The first-order valence-electron chi connectivity index (χ1n) is 27.5. The van der Waals surface area contributed by atoms with Gasteiger partial charge < -0.3 is 18.3 Å². The molecule has 0 saturated heterocycles. The molecular formula is C74H48N6. The second-order valence-corrected chi connectivity index (χ2v) is 23.1. The minimum absolute atomic E-state index is 0.278. The maximum atomic E-state index is 11.8. The minimum Gasteiger partial charge on any atom is -0.309 e. The van der Waals surface area contributed by atoms with Crippen LogP contribution in [0, 0.1) is 22.7 Å². The van der Waals surface area contributed by atoms with E-state index in [9.17, 15) is 10.5 Å². The van der Waals surface area contributed by atoms with Crippen molar-refractivity contribution in [2.24, 2.45) is 0 Å². The van der Waals surface area contributed by atoms with E-state index in [1.807, 2.05) is 12.1 Å². The predicted molar refractivity (Wildman–Crippen MR) is 328 cm³/mol. The Morgan fingerprint density at radius 1 is 0.275 bits per heavy atom. The van der Waals surface area contributed by atoms with Crippen LogP contribution in [0.5, 0.6) is 0 Å². The summed E-state index contributed by atoms with van der Waals surface area (Å²) in [4.78, 5) is 0. The molecular weight excluding hydrogens is 973 g/mol. The second-order valence-electron chi connectivity index (χ2n) is 23.1. The molecule has 0 bridgehead atoms. The number of aromatic nitrogens is 4. The van der Waals surface area contributed by atoms with Gasteiger partial charge in [-0.15, -0.1) is 0 Å². The number of rotatable bonds is 4. The first-order valence-corrected chi connectivity index (χ1v) is 27.5. The van der Waals surface area contributed by atoms with E-state index in [1.165, 1.54) is 66.1 Å². The molecule has 0 atom stereocenters. The molecule has 0 radical (unpaired) electrons. The number of benzene rings is 11. The lowest BCUT2D eigenvalue weighted by atomic mass is 9.82. The molecule has 11 aromatic carbocycles. The molecule has 6 nitrogen and oxygen atoms in total. The van der Waals surface area contributed by atoms with Crippen LogP contribution < -0.4 is 0 Å². The SMILES string of the molecule is CC1(C)c2ccccc2-c2cc3c4ccc(-n5c6ccccc6c6ccccc65)cc4n(-c4cc(C#N)c(-n5c6cc(-n7c8ccccc8c8ccccc87)ccc6c6cc7c(cc65)C(C)(C)c5ccccc5-7)cc4C#N)c3cc21. The Morgan fingerprint density at radius 3 is 0.975 bits per heavy atom. The Bertz CT molecular complexity index is 4960. The van der Waals surface area contributed by atoms with E-state index in [1.54, 1.807) is 0 Å². The van der Waals surface area contributed by atoms with Gasteiger partial charge in [0.25, 0.3) is 0 Å². The Kier molecular flexibility index (Phi) is 8.74. The fourth-order valence-electron chi connectivity index (χ4n) is 14.7. The summed E-state index contributed by atoms with van der Waals surface area (Å²) in [5, 5.41) is 32.6. The second kappa shape index (κ2) is 15.6. The lowest BCUT2D eigenvalue weighted by Crippen LogP contribution is -2.15. The fraction of sp³-hybridized carbons (Fsp3) is 0.0811. The van der Waals surface area contributed by atoms with Crippen molar-refractivity contribution in [1.82, 2.24) is 18.3 Å². The Balaban J connectivity index is 0.964. The molecule has 0 saturated carbocycles. The number of para-hydroxylation sites is 4. The normalized spacial score (nSPS) is 13.9. The molecule has 0 fully saturated rings. The number of hydrogen-bond acceptors (Lipinski definition) is 2. The van der Waals surface area contributed by atoms with E-state index in [-0.39, 0.29) is 10.8 Å². The summed E-state index contributed by atoms with van der Waals surface area (Å²) in [6, 6.07) is 84.4. The van der Waals surface area contributed by atoms with Gasteiger partial charge in [-0.25, -0.2) is 0 Å². The highest BCUT2D eigenvalue weighted by Crippen LogP contribution is 2.53. The van der Waals surface area contributed by atoms with Crippen LogP contribution >= 0.6 is 0 Å². The average Bonchev–Trinajstić information content (AvgIpc) is 4.22. The van der Waals surface area contributed by atoms with Gasteiger partial charge in [-0.3, -0.25) is 0 Å². The van der Waals surface area contributed by atoms with Crippen LogP contribution in [-0.4, -0.2) is 18.3 Å². The third-order valence-electron chi connectivity index (χ3n) is 18.4. The third-order valence-corrected chi connectivity index (χ3v) is 18.4. The van der Waals surface area contributed by atoms with Gasteiger partial charge in [-0.1, -0.05) is 161 Å². The molecule has 2 aliphatic rings. The average molecular weight is 1020 g/mol. The highest BCUT2D eigenvalue weighted by Gasteiger charge is 2.38. The molecule has 6 heteroatoms. The smallest absolute Gasteiger partial charge is 0.101 e. The van der Waals surface area contributed by atoms with E-state index in [0.29, 0.717) is 22.5 Å². The molecule has 4 heterocycles. The quantitative estimate of drug-likeness (QED) is 0.176. The highest BCUT2D eigenvalue weighted by atomic mass is 15.0. The van der Waals surface area contributed by atoms with E-state index in [4.69, 9.17) is 0 Å². The molecule has 0 unspecified atom stereocenters. The molecule has 2 aliphatic carbocycles. The van der Waals surface area contributed by atoms with Gasteiger partial charge in [0.2, 0.25) is 0 Å². The standard InChI is InChI=1S/C74H48N6/c1-73(2)59-23-11-5-17-47(59)55-37-57-53-31-29-45(77-63-25-13-7-19-49(63)50-20-8-14-26-64(50)77)35-69(53)79(71(57)39-61(55)73)67-33-44(42-76)68(34-43(67)41-75)80-70-36-46(78-65-27-15-9-21-51(65)52-22-10-16-28-66(52)78)30-32-54(70)58-38-56-48-18-6-12-24-60(48)74(3,4)62(56)40-72(58)80/h5-40H,1-4H3. The maximum Gasteiger partial charge on any atom is 0.101 e. The first kappa shape index (κ1) is 44.7. The molecule has 80 heavy (non-hydrogen) atoms. The largest absolute Gasteiger partial charge is 0.309 e. The van der Waals surface area contributed by atoms with Gasteiger partial charge in [0, 0.05) is 65.3 Å². The van der Waals surface area contributed by atoms with Crippen LogP contribution in [-0.2, 0) is 10.8 Å². The number of nitrogens with zero attached hydrogens (tertiary/aromatic N) is 6. The summed E-state index contributed by atoms with van der Waals surface area (Å²) >= 11 is 0. The van der Waals surface area contributed by atoms with Gasteiger partial charge in [-0.05, 0) is 129 Å². The maximum absolute atomic E-state index is 11.8. The first-order chi connectivity index (χ1) is 39.1. The number of hydrogen-bond donors (Lipinski definition) is 0. The summed E-state index contributed by atoms with van der Waals surface area (Å²) in [6.07, 6.45) is 0. The van der Waals surface area contributed by atoms with Crippen molar-refractivity contribution < 1.29 is 0 Å². The summed E-state index contributed by atoms with van der Waals surface area (Å²) in [5.41, 5.74) is 22.0. The molecule has 0 spiro atoms. The number of nitriles is 2. The molecule has 0 amide bonds. The lowest BCUT2D eigenvalue weighted by Gasteiger charge is -2.22. The minimum atomic E-state index is -0.278. The Hall–Kier alpha value is -10.4. The van der Waals surface area contributed by atoms with Crippen molar-refractivity contribution in [3.05, 3.63) is 252 Å². The van der Waals surface area contributed by atoms with Crippen molar-refractivity contribution >= 4 is 87.2 Å². The van der Waals surface area contributed by atoms with Crippen LogP contribution in [0.15, 0.2) is 218 Å². The molecule has 374 valence electrons. The summed E-state index contributed by atoms with van der Waals surface area (Å²) in [5.74, 6) is 0. The summed E-state index contributed by atoms with van der Waals surface area (Å²) in [6.45, 7) is 9.25. The van der Waals surface area contributed by atoms with Gasteiger partial charge in [0.15, 0.2) is 0 Å². The zero-order valence-electron chi connectivity index (χ0n) is 44.5. The predicted octanol–water partition coefficient (Wildman–Crippen LogP) is 18.4. The van der Waals surface area contributed by atoms with E-state index in [0.717, 1.165) is 77.1 Å². The van der Waals surface area contributed by atoms with Gasteiger partial charge >= 0.3 is 0 Å². The van der Waals surface area contributed by atoms with Crippen LogP contribution in [0.4, 0.5) is 0 Å². The fourth-order valence-corrected chi connectivity index (χ4v) is 14.7.